The van der Waals surface area contributed by atoms with Crippen molar-refractivity contribution in [1.82, 2.24) is 19.9 Å². The van der Waals surface area contributed by atoms with Crippen molar-refractivity contribution in [3.63, 3.8) is 0 Å². The van der Waals surface area contributed by atoms with Crippen molar-refractivity contribution < 1.29 is 5.11 Å². The fraction of sp³-hybridized carbons (Fsp3) is 0.500. The third-order valence-electron chi connectivity index (χ3n) is 3.87. The second-order valence-electron chi connectivity index (χ2n) is 5.30. The SMILES string of the molecule is O=c1c2ccccc2nnn1CN1CCC(CCO)C1. The van der Waals surface area contributed by atoms with E-state index in [9.17, 15) is 4.79 Å². The monoisotopic (exact) mass is 274 g/mol. The van der Waals surface area contributed by atoms with Crippen LogP contribution in [0.15, 0.2) is 29.1 Å². The highest BCUT2D eigenvalue weighted by Crippen LogP contribution is 2.19. The van der Waals surface area contributed by atoms with Crippen LogP contribution in [0.2, 0.25) is 0 Å². The molecule has 1 unspecified atom stereocenters. The minimum atomic E-state index is -0.0961. The summed E-state index contributed by atoms with van der Waals surface area (Å²) >= 11 is 0. The number of rotatable bonds is 4. The van der Waals surface area contributed by atoms with Crippen molar-refractivity contribution in [2.24, 2.45) is 5.92 Å². The Morgan fingerprint density at radius 3 is 3.05 bits per heavy atom. The molecular weight excluding hydrogens is 256 g/mol. The van der Waals surface area contributed by atoms with Crippen molar-refractivity contribution >= 4 is 10.9 Å². The fourth-order valence-corrected chi connectivity index (χ4v) is 2.76. The Bertz CT molecular complexity index is 655. The maximum Gasteiger partial charge on any atom is 0.278 e. The van der Waals surface area contributed by atoms with E-state index in [2.05, 4.69) is 15.2 Å². The molecule has 1 saturated heterocycles. The summed E-state index contributed by atoms with van der Waals surface area (Å²) in [4.78, 5) is 14.5. The van der Waals surface area contributed by atoms with Gasteiger partial charge in [-0.1, -0.05) is 17.3 Å². The zero-order chi connectivity index (χ0) is 13.9. The van der Waals surface area contributed by atoms with E-state index in [1.54, 1.807) is 12.1 Å². The molecule has 0 spiro atoms. The lowest BCUT2D eigenvalue weighted by atomic mass is 10.1. The standard InChI is InChI=1S/C14H18N4O2/c19-8-6-11-5-7-17(9-11)10-18-14(20)12-3-1-2-4-13(12)15-16-18/h1-4,11,19H,5-10H2. The minimum Gasteiger partial charge on any atom is -0.396 e. The first-order valence-corrected chi connectivity index (χ1v) is 6.93. The van der Waals surface area contributed by atoms with Crippen molar-refractivity contribution in [2.45, 2.75) is 19.5 Å². The first-order valence-electron chi connectivity index (χ1n) is 6.93. The summed E-state index contributed by atoms with van der Waals surface area (Å²) in [7, 11) is 0. The number of hydrogen-bond acceptors (Lipinski definition) is 5. The molecule has 0 radical (unpaired) electrons. The van der Waals surface area contributed by atoms with Gasteiger partial charge in [-0.15, -0.1) is 5.10 Å². The second kappa shape index (κ2) is 5.68. The molecule has 6 heteroatoms. The largest absolute Gasteiger partial charge is 0.396 e. The van der Waals surface area contributed by atoms with Gasteiger partial charge in [0.25, 0.3) is 5.56 Å². The normalized spacial score (nSPS) is 19.8. The molecule has 2 heterocycles. The van der Waals surface area contributed by atoms with Crippen molar-refractivity contribution in [1.29, 1.82) is 0 Å². The average Bonchev–Trinajstić information content (AvgIpc) is 2.90. The highest BCUT2D eigenvalue weighted by atomic mass is 16.3. The van der Waals surface area contributed by atoms with E-state index in [0.29, 0.717) is 23.5 Å². The maximum atomic E-state index is 12.3. The van der Waals surface area contributed by atoms with E-state index < -0.39 is 0 Å². The summed E-state index contributed by atoms with van der Waals surface area (Å²) in [5.41, 5.74) is 0.537. The molecule has 0 bridgehead atoms. The summed E-state index contributed by atoms with van der Waals surface area (Å²) in [6.07, 6.45) is 1.89. The van der Waals surface area contributed by atoms with E-state index >= 15 is 0 Å². The minimum absolute atomic E-state index is 0.0961. The molecule has 0 amide bonds. The Morgan fingerprint density at radius 1 is 1.35 bits per heavy atom. The number of aromatic nitrogens is 3. The zero-order valence-corrected chi connectivity index (χ0v) is 11.3. The number of nitrogens with zero attached hydrogens (tertiary/aromatic N) is 4. The van der Waals surface area contributed by atoms with E-state index in [1.807, 2.05) is 12.1 Å². The summed E-state index contributed by atoms with van der Waals surface area (Å²) in [5.74, 6) is 0.518. The van der Waals surface area contributed by atoms with Gasteiger partial charge in [0, 0.05) is 19.7 Å². The van der Waals surface area contributed by atoms with Gasteiger partial charge in [-0.2, -0.15) is 4.68 Å². The summed E-state index contributed by atoms with van der Waals surface area (Å²) in [6.45, 7) is 2.54. The maximum absolute atomic E-state index is 12.3. The van der Waals surface area contributed by atoms with Crippen LogP contribution in [0.4, 0.5) is 0 Å². The van der Waals surface area contributed by atoms with E-state index in [0.717, 1.165) is 25.9 Å². The Kier molecular flexibility index (Phi) is 3.75. The second-order valence-corrected chi connectivity index (χ2v) is 5.30. The third-order valence-corrected chi connectivity index (χ3v) is 3.87. The van der Waals surface area contributed by atoms with Crippen LogP contribution < -0.4 is 5.56 Å². The van der Waals surface area contributed by atoms with Gasteiger partial charge in [-0.25, -0.2) is 0 Å². The quantitative estimate of drug-likeness (QED) is 0.876. The van der Waals surface area contributed by atoms with E-state index in [4.69, 9.17) is 5.11 Å². The van der Waals surface area contributed by atoms with Crippen LogP contribution in [-0.2, 0) is 6.67 Å². The van der Waals surface area contributed by atoms with Gasteiger partial charge in [-0.05, 0) is 30.9 Å². The molecule has 1 aromatic carbocycles. The molecule has 1 atom stereocenters. The van der Waals surface area contributed by atoms with Gasteiger partial charge in [0.05, 0.1) is 12.1 Å². The van der Waals surface area contributed by atoms with Crippen LogP contribution in [0, 0.1) is 5.92 Å². The Morgan fingerprint density at radius 2 is 2.20 bits per heavy atom. The predicted octanol–water partition coefficient (Wildman–Crippen LogP) is 0.453. The fourth-order valence-electron chi connectivity index (χ4n) is 2.76. The van der Waals surface area contributed by atoms with Crippen molar-refractivity contribution in [3.05, 3.63) is 34.6 Å². The number of aliphatic hydroxyl groups excluding tert-OH is 1. The zero-order valence-electron chi connectivity index (χ0n) is 11.3. The summed E-state index contributed by atoms with van der Waals surface area (Å²) in [6, 6.07) is 7.26. The van der Waals surface area contributed by atoms with Crippen LogP contribution in [0.5, 0.6) is 0 Å². The molecule has 1 aromatic heterocycles. The molecule has 20 heavy (non-hydrogen) atoms. The van der Waals surface area contributed by atoms with Crippen LogP contribution in [0.3, 0.4) is 0 Å². The van der Waals surface area contributed by atoms with Crippen molar-refractivity contribution in [2.75, 3.05) is 19.7 Å². The van der Waals surface area contributed by atoms with Crippen molar-refractivity contribution in [3.8, 4) is 0 Å². The van der Waals surface area contributed by atoms with E-state index in [-0.39, 0.29) is 12.2 Å². The number of fused-ring (bicyclic) bond motifs is 1. The molecule has 0 aliphatic carbocycles. The number of hydrogen-bond donors (Lipinski definition) is 1. The lowest BCUT2D eigenvalue weighted by Crippen LogP contribution is -2.33. The molecule has 6 nitrogen and oxygen atoms in total. The first-order chi connectivity index (χ1) is 9.78. The highest BCUT2D eigenvalue weighted by Gasteiger charge is 2.22. The Hall–Kier alpha value is -1.79. The van der Waals surface area contributed by atoms with Gasteiger partial charge in [0.1, 0.15) is 5.52 Å². The summed E-state index contributed by atoms with van der Waals surface area (Å²) in [5, 5.41) is 17.7. The lowest BCUT2D eigenvalue weighted by molar-refractivity contribution is 0.220. The number of likely N-dealkylation sites (tertiary alicyclic amines) is 1. The third kappa shape index (κ3) is 2.57. The first kappa shape index (κ1) is 13.2. The van der Waals surface area contributed by atoms with Gasteiger partial charge in [0.15, 0.2) is 0 Å². The van der Waals surface area contributed by atoms with Crippen LogP contribution >= 0.6 is 0 Å². The molecule has 3 rings (SSSR count). The van der Waals surface area contributed by atoms with Gasteiger partial charge in [0.2, 0.25) is 0 Å². The average molecular weight is 274 g/mol. The lowest BCUT2D eigenvalue weighted by Gasteiger charge is -2.16. The number of aliphatic hydroxyl groups is 1. The molecule has 1 N–H and O–H groups in total. The van der Waals surface area contributed by atoms with Crippen LogP contribution in [-0.4, -0.2) is 44.7 Å². The molecule has 2 aromatic rings. The van der Waals surface area contributed by atoms with Crippen LogP contribution in [0.1, 0.15) is 12.8 Å². The highest BCUT2D eigenvalue weighted by molar-refractivity contribution is 5.76. The molecule has 1 aliphatic rings. The Balaban J connectivity index is 1.78. The molecule has 0 saturated carbocycles. The van der Waals surface area contributed by atoms with Crippen LogP contribution in [0.25, 0.3) is 10.9 Å². The topological polar surface area (TPSA) is 71.2 Å². The summed E-state index contributed by atoms with van der Waals surface area (Å²) < 4.78 is 1.42. The predicted molar refractivity (Wildman–Crippen MR) is 75.2 cm³/mol. The van der Waals surface area contributed by atoms with Gasteiger partial charge in [-0.3, -0.25) is 9.69 Å². The molecule has 1 aliphatic heterocycles. The number of benzene rings is 1. The smallest absolute Gasteiger partial charge is 0.278 e. The molecular formula is C14H18N4O2. The molecule has 1 fully saturated rings. The van der Waals surface area contributed by atoms with Gasteiger partial charge < -0.3 is 5.11 Å². The molecule has 106 valence electrons. The van der Waals surface area contributed by atoms with Gasteiger partial charge >= 0.3 is 0 Å². The van der Waals surface area contributed by atoms with E-state index in [1.165, 1.54) is 4.68 Å². The Labute approximate surface area is 116 Å².